The molecule has 1 amide bonds. The molecule has 1 aromatic heterocycles. The minimum atomic E-state index is -0.372. The molecular formula is C21H23N5OS. The smallest absolute Gasteiger partial charge is 0.240 e. The maximum atomic E-state index is 13.3. The number of aromatic nitrogens is 3. The van der Waals surface area contributed by atoms with E-state index in [1.54, 1.807) is 0 Å². The lowest BCUT2D eigenvalue weighted by Crippen LogP contribution is -2.41. The van der Waals surface area contributed by atoms with E-state index in [1.807, 2.05) is 35.9 Å². The molecule has 2 aromatic carbocycles. The Morgan fingerprint density at radius 1 is 1.14 bits per heavy atom. The third-order valence-electron chi connectivity index (χ3n) is 4.95. The topological polar surface area (TPSA) is 71.8 Å². The summed E-state index contributed by atoms with van der Waals surface area (Å²) in [6.07, 6.45) is 0.863. The molecular weight excluding hydrogens is 370 g/mol. The molecule has 2 heterocycles. The van der Waals surface area contributed by atoms with Gasteiger partial charge in [0, 0.05) is 5.69 Å². The number of aryl methyl sites for hydroxylation is 3. The second kappa shape index (κ2) is 7.67. The minimum absolute atomic E-state index is 0.0455. The Labute approximate surface area is 168 Å². The lowest BCUT2D eigenvalue weighted by Gasteiger charge is -2.33. The van der Waals surface area contributed by atoms with E-state index < -0.39 is 0 Å². The van der Waals surface area contributed by atoms with Crippen LogP contribution in [0, 0.1) is 13.8 Å². The van der Waals surface area contributed by atoms with Gasteiger partial charge in [0.05, 0.1) is 6.04 Å². The van der Waals surface area contributed by atoms with Crippen molar-refractivity contribution in [3.63, 3.8) is 0 Å². The summed E-state index contributed by atoms with van der Waals surface area (Å²) in [4.78, 5) is 13.3. The summed E-state index contributed by atoms with van der Waals surface area (Å²) in [5, 5.41) is 11.8. The van der Waals surface area contributed by atoms with Gasteiger partial charge in [-0.1, -0.05) is 66.7 Å². The van der Waals surface area contributed by atoms with Crippen LogP contribution in [0.2, 0.25) is 0 Å². The van der Waals surface area contributed by atoms with Crippen LogP contribution in [0.5, 0.6) is 0 Å². The Balaban J connectivity index is 1.67. The van der Waals surface area contributed by atoms with Gasteiger partial charge in [-0.05, 0) is 37.5 Å². The van der Waals surface area contributed by atoms with E-state index in [0.29, 0.717) is 5.16 Å². The molecule has 0 saturated heterocycles. The van der Waals surface area contributed by atoms with E-state index in [9.17, 15) is 4.79 Å². The van der Waals surface area contributed by atoms with Crippen LogP contribution in [0.4, 0.5) is 5.69 Å². The molecule has 7 heteroatoms. The summed E-state index contributed by atoms with van der Waals surface area (Å²) in [5.41, 5.74) is 7.66. The second-order valence-electron chi connectivity index (χ2n) is 6.92. The summed E-state index contributed by atoms with van der Waals surface area (Å²) >= 11 is 1.44. The highest BCUT2D eigenvalue weighted by Gasteiger charge is 2.37. The van der Waals surface area contributed by atoms with Gasteiger partial charge >= 0.3 is 0 Å². The number of amides is 1. The normalized spacial score (nSPS) is 18.2. The van der Waals surface area contributed by atoms with Crippen LogP contribution in [0.25, 0.3) is 0 Å². The van der Waals surface area contributed by atoms with Crippen molar-refractivity contribution in [2.75, 3.05) is 10.7 Å². The molecule has 0 spiro atoms. The number of rotatable bonds is 4. The Hall–Kier alpha value is -2.80. The number of hydrogen-bond donors (Lipinski definition) is 2. The first-order valence-corrected chi connectivity index (χ1v) is 10.3. The molecule has 4 rings (SSSR count). The molecule has 144 valence electrons. The number of hydrogen-bond acceptors (Lipinski definition) is 5. The quantitative estimate of drug-likeness (QED) is 0.704. The van der Waals surface area contributed by atoms with Crippen LogP contribution >= 0.6 is 11.8 Å². The molecule has 0 aliphatic carbocycles. The first-order chi connectivity index (χ1) is 13.6. The van der Waals surface area contributed by atoms with Crippen molar-refractivity contribution in [2.24, 2.45) is 0 Å². The first kappa shape index (κ1) is 18.6. The number of para-hydroxylation sites is 1. The maximum Gasteiger partial charge on any atom is 0.240 e. The van der Waals surface area contributed by atoms with Crippen LogP contribution in [-0.2, 0) is 11.2 Å². The number of anilines is 1. The number of nitrogens with zero attached hydrogens (tertiary/aromatic N) is 3. The molecule has 0 bridgehead atoms. The van der Waals surface area contributed by atoms with Crippen LogP contribution < -0.4 is 10.7 Å². The van der Waals surface area contributed by atoms with Crippen molar-refractivity contribution in [3.05, 3.63) is 71.0 Å². The third-order valence-corrected chi connectivity index (χ3v) is 6.16. The second-order valence-corrected chi connectivity index (χ2v) is 8.03. The predicted octanol–water partition coefficient (Wildman–Crippen LogP) is 3.86. The molecule has 2 atom stereocenters. The zero-order valence-corrected chi connectivity index (χ0v) is 17.0. The van der Waals surface area contributed by atoms with Crippen molar-refractivity contribution in [3.8, 4) is 0 Å². The zero-order chi connectivity index (χ0) is 19.7. The largest absolute Gasteiger partial charge is 0.325 e. The minimum Gasteiger partial charge on any atom is -0.325 e. The monoisotopic (exact) mass is 393 g/mol. The van der Waals surface area contributed by atoms with Gasteiger partial charge in [-0.25, -0.2) is 4.68 Å². The average molecular weight is 394 g/mol. The number of benzene rings is 2. The molecule has 0 saturated carbocycles. The molecule has 0 unspecified atom stereocenters. The number of nitrogens with one attached hydrogen (secondary N) is 2. The molecule has 3 aromatic rings. The Bertz CT molecular complexity index is 998. The number of thioether (sulfide) groups is 1. The first-order valence-electron chi connectivity index (χ1n) is 9.37. The Morgan fingerprint density at radius 3 is 2.64 bits per heavy atom. The van der Waals surface area contributed by atoms with Crippen molar-refractivity contribution in [1.82, 2.24) is 14.9 Å². The third kappa shape index (κ3) is 3.49. The summed E-state index contributed by atoms with van der Waals surface area (Å²) < 4.78 is 1.86. The standard InChI is InChI=1S/C21H23N5OS/c1-4-15-7-5-6-8-17(15)22-20(27)19-18(16-11-9-13(2)10-12-16)25-26-14(3)23-24-21(26)28-19/h5-12,18-19,25H,4H2,1-3H3,(H,22,27)/t18-,19-/m1/s1. The van der Waals surface area contributed by atoms with Gasteiger partial charge in [0.2, 0.25) is 11.1 Å². The van der Waals surface area contributed by atoms with Gasteiger partial charge in [0.25, 0.3) is 0 Å². The molecule has 6 nitrogen and oxygen atoms in total. The molecule has 2 N–H and O–H groups in total. The highest BCUT2D eigenvalue weighted by atomic mass is 32.2. The summed E-state index contributed by atoms with van der Waals surface area (Å²) in [6.45, 7) is 6.04. The molecule has 1 aliphatic heterocycles. The van der Waals surface area contributed by atoms with Crippen LogP contribution in [0.1, 0.15) is 35.5 Å². The molecule has 28 heavy (non-hydrogen) atoms. The maximum absolute atomic E-state index is 13.3. The highest BCUT2D eigenvalue weighted by Crippen LogP contribution is 2.37. The Morgan fingerprint density at radius 2 is 1.89 bits per heavy atom. The van der Waals surface area contributed by atoms with Crippen LogP contribution in [0.3, 0.4) is 0 Å². The lowest BCUT2D eigenvalue weighted by molar-refractivity contribution is -0.116. The molecule has 0 fully saturated rings. The fraction of sp³-hybridized carbons (Fsp3) is 0.286. The van der Waals surface area contributed by atoms with Crippen molar-refractivity contribution >= 4 is 23.4 Å². The van der Waals surface area contributed by atoms with Gasteiger partial charge in [-0.15, -0.1) is 10.2 Å². The van der Waals surface area contributed by atoms with Crippen molar-refractivity contribution in [2.45, 2.75) is 43.6 Å². The summed E-state index contributed by atoms with van der Waals surface area (Å²) in [6, 6.07) is 16.0. The van der Waals surface area contributed by atoms with E-state index in [1.165, 1.54) is 17.3 Å². The highest BCUT2D eigenvalue weighted by molar-refractivity contribution is 8.00. The predicted molar refractivity (Wildman–Crippen MR) is 112 cm³/mol. The number of carbonyl (C=O) groups is 1. The zero-order valence-electron chi connectivity index (χ0n) is 16.1. The molecule has 0 radical (unpaired) electrons. The fourth-order valence-corrected chi connectivity index (χ4v) is 4.46. The van der Waals surface area contributed by atoms with Crippen LogP contribution in [0.15, 0.2) is 53.7 Å². The van der Waals surface area contributed by atoms with Gasteiger partial charge in [0.15, 0.2) is 0 Å². The van der Waals surface area contributed by atoms with E-state index in [4.69, 9.17) is 0 Å². The van der Waals surface area contributed by atoms with Gasteiger partial charge < -0.3 is 10.7 Å². The van der Waals surface area contributed by atoms with E-state index in [-0.39, 0.29) is 17.2 Å². The fourth-order valence-electron chi connectivity index (χ4n) is 3.34. The Kier molecular flexibility index (Phi) is 5.09. The summed E-state index contributed by atoms with van der Waals surface area (Å²) in [7, 11) is 0. The van der Waals surface area contributed by atoms with Crippen molar-refractivity contribution in [1.29, 1.82) is 0 Å². The van der Waals surface area contributed by atoms with E-state index in [2.05, 4.69) is 59.1 Å². The number of fused-ring (bicyclic) bond motifs is 1. The average Bonchev–Trinajstić information content (AvgIpc) is 3.08. The lowest BCUT2D eigenvalue weighted by atomic mass is 10.0. The number of carbonyl (C=O) groups excluding carboxylic acids is 1. The van der Waals surface area contributed by atoms with Gasteiger partial charge in [0.1, 0.15) is 11.1 Å². The van der Waals surface area contributed by atoms with E-state index in [0.717, 1.165) is 29.1 Å². The molecule has 1 aliphatic rings. The van der Waals surface area contributed by atoms with Crippen LogP contribution in [-0.4, -0.2) is 26.0 Å². The SMILES string of the molecule is CCc1ccccc1NC(=O)[C@@H]1Sc2nnc(C)n2N[C@@H]1c1ccc(C)cc1. The van der Waals surface area contributed by atoms with Gasteiger partial charge in [-0.3, -0.25) is 4.79 Å². The van der Waals surface area contributed by atoms with E-state index >= 15 is 0 Å². The summed E-state index contributed by atoms with van der Waals surface area (Å²) in [5.74, 6) is 0.727. The van der Waals surface area contributed by atoms with Gasteiger partial charge in [-0.2, -0.15) is 0 Å². The van der Waals surface area contributed by atoms with Crippen molar-refractivity contribution < 1.29 is 4.79 Å².